The Morgan fingerprint density at radius 1 is 1.21 bits per heavy atom. The lowest BCUT2D eigenvalue weighted by Gasteiger charge is -2.35. The number of carbonyl (C=O) groups is 2. The van der Waals surface area contributed by atoms with Gasteiger partial charge in [-0.3, -0.25) is 10.1 Å². The predicted octanol–water partition coefficient (Wildman–Crippen LogP) is 3.69. The molecule has 0 aromatic carbocycles. The normalized spacial score (nSPS) is 27.5. The number of rotatable bonds is 3. The minimum absolute atomic E-state index is 0.0815. The summed E-state index contributed by atoms with van der Waals surface area (Å²) < 4.78 is 0. The molecule has 0 bridgehead atoms. The molecule has 6 heteroatoms. The molecule has 2 N–H and O–H groups in total. The number of thiophene rings is 1. The van der Waals surface area contributed by atoms with Crippen molar-refractivity contribution in [1.29, 1.82) is 0 Å². The average molecular weight is 350 g/mol. The highest BCUT2D eigenvalue weighted by atomic mass is 32.1. The van der Waals surface area contributed by atoms with Crippen LogP contribution in [0.5, 0.6) is 0 Å². The number of nitrogens with one attached hydrogen (secondary N) is 2. The van der Waals surface area contributed by atoms with Crippen molar-refractivity contribution >= 4 is 28.3 Å². The molecule has 1 saturated heterocycles. The zero-order valence-corrected chi connectivity index (χ0v) is 15.1. The monoisotopic (exact) mass is 349 g/mol. The van der Waals surface area contributed by atoms with E-state index in [2.05, 4.69) is 17.6 Å². The van der Waals surface area contributed by atoms with E-state index in [1.807, 2.05) is 17.5 Å². The number of urea groups is 1. The van der Waals surface area contributed by atoms with Crippen LogP contribution in [0, 0.1) is 11.8 Å². The molecule has 1 saturated carbocycles. The van der Waals surface area contributed by atoms with Crippen LogP contribution in [0.25, 0.3) is 0 Å². The largest absolute Gasteiger partial charge is 0.353 e. The molecule has 1 aliphatic carbocycles. The fraction of sp³-hybridized carbons (Fsp3) is 0.667. The van der Waals surface area contributed by atoms with Gasteiger partial charge in [-0.2, -0.15) is 0 Å². The van der Waals surface area contributed by atoms with Gasteiger partial charge >= 0.3 is 6.03 Å². The van der Waals surface area contributed by atoms with Crippen LogP contribution < -0.4 is 10.6 Å². The summed E-state index contributed by atoms with van der Waals surface area (Å²) in [6.07, 6.45) is 6.52. The second-order valence-corrected chi connectivity index (χ2v) is 8.02. The second kappa shape index (κ2) is 8.01. The zero-order valence-electron chi connectivity index (χ0n) is 14.3. The number of likely N-dealkylation sites (tertiary alicyclic amines) is 1. The van der Waals surface area contributed by atoms with Crippen molar-refractivity contribution in [2.45, 2.75) is 51.5 Å². The van der Waals surface area contributed by atoms with Gasteiger partial charge in [-0.1, -0.05) is 19.8 Å². The molecule has 3 unspecified atom stereocenters. The van der Waals surface area contributed by atoms with Crippen LogP contribution in [0.3, 0.4) is 0 Å². The molecule has 1 aromatic heterocycles. The lowest BCUT2D eigenvalue weighted by Crippen LogP contribution is -2.50. The predicted molar refractivity (Wildman–Crippen MR) is 97.2 cm³/mol. The van der Waals surface area contributed by atoms with Gasteiger partial charge in [0.1, 0.15) is 0 Å². The Labute approximate surface area is 147 Å². The van der Waals surface area contributed by atoms with E-state index >= 15 is 0 Å². The summed E-state index contributed by atoms with van der Waals surface area (Å²) >= 11 is 1.51. The highest BCUT2D eigenvalue weighted by Gasteiger charge is 2.31. The van der Waals surface area contributed by atoms with Crippen LogP contribution in [0.15, 0.2) is 17.5 Å². The maximum atomic E-state index is 12.6. The minimum Gasteiger partial charge on any atom is -0.353 e. The van der Waals surface area contributed by atoms with Gasteiger partial charge in [-0.15, -0.1) is 11.3 Å². The van der Waals surface area contributed by atoms with Gasteiger partial charge in [-0.25, -0.2) is 4.79 Å². The third-order valence-electron chi connectivity index (χ3n) is 5.27. The lowest BCUT2D eigenvalue weighted by molar-refractivity contribution is -0.127. The average Bonchev–Trinajstić information content (AvgIpc) is 3.10. The summed E-state index contributed by atoms with van der Waals surface area (Å²) in [7, 11) is 0. The summed E-state index contributed by atoms with van der Waals surface area (Å²) in [5, 5.41) is 8.95. The first-order chi connectivity index (χ1) is 11.6. The molecule has 3 atom stereocenters. The molecular weight excluding hydrogens is 322 g/mol. The molecule has 5 nitrogen and oxygen atoms in total. The summed E-state index contributed by atoms with van der Waals surface area (Å²) in [5.74, 6) is 0.605. The van der Waals surface area contributed by atoms with Gasteiger partial charge in [0.2, 0.25) is 5.91 Å². The smallest absolute Gasteiger partial charge is 0.322 e. The molecule has 2 fully saturated rings. The Hall–Kier alpha value is -1.56. The van der Waals surface area contributed by atoms with E-state index in [0.29, 0.717) is 18.5 Å². The standard InChI is InChI=1S/C18H27N3O2S/c1-13-6-2-3-8-15(13)19-17(22)14-7-4-10-21(12-14)18(23)20-16-9-5-11-24-16/h5,9,11,13-15H,2-4,6-8,10,12H2,1H3,(H,19,22)(H,20,23). The summed E-state index contributed by atoms with van der Waals surface area (Å²) in [4.78, 5) is 26.8. The van der Waals surface area contributed by atoms with Gasteiger partial charge in [0, 0.05) is 19.1 Å². The van der Waals surface area contributed by atoms with Crippen molar-refractivity contribution in [3.63, 3.8) is 0 Å². The number of hydrogen-bond donors (Lipinski definition) is 2. The number of piperidine rings is 1. The minimum atomic E-state index is -0.0963. The van der Waals surface area contributed by atoms with Gasteiger partial charge in [0.05, 0.1) is 10.9 Å². The topological polar surface area (TPSA) is 61.4 Å². The number of anilines is 1. The van der Waals surface area contributed by atoms with E-state index < -0.39 is 0 Å². The van der Waals surface area contributed by atoms with Crippen molar-refractivity contribution in [2.75, 3.05) is 18.4 Å². The van der Waals surface area contributed by atoms with Crippen LogP contribution in [-0.4, -0.2) is 36.0 Å². The molecular formula is C18H27N3O2S. The molecule has 2 heterocycles. The van der Waals surface area contributed by atoms with Crippen LogP contribution >= 0.6 is 11.3 Å². The van der Waals surface area contributed by atoms with Crippen LogP contribution in [0.2, 0.25) is 0 Å². The number of carbonyl (C=O) groups excluding carboxylic acids is 2. The van der Waals surface area contributed by atoms with E-state index in [1.165, 1.54) is 30.6 Å². The molecule has 3 amide bonds. The maximum Gasteiger partial charge on any atom is 0.322 e. The van der Waals surface area contributed by atoms with E-state index in [9.17, 15) is 9.59 Å². The molecule has 2 aliphatic rings. The van der Waals surface area contributed by atoms with Crippen molar-refractivity contribution in [1.82, 2.24) is 10.2 Å². The highest BCUT2D eigenvalue weighted by molar-refractivity contribution is 7.14. The summed E-state index contributed by atoms with van der Waals surface area (Å²) in [6.45, 7) is 3.47. The molecule has 3 rings (SSSR count). The maximum absolute atomic E-state index is 12.6. The Morgan fingerprint density at radius 3 is 2.79 bits per heavy atom. The van der Waals surface area contributed by atoms with E-state index in [4.69, 9.17) is 0 Å². The quantitative estimate of drug-likeness (QED) is 0.874. The van der Waals surface area contributed by atoms with Gasteiger partial charge in [-0.05, 0) is 49.1 Å². The number of nitrogens with zero attached hydrogens (tertiary/aromatic N) is 1. The molecule has 1 aliphatic heterocycles. The van der Waals surface area contributed by atoms with Crippen LogP contribution in [0.1, 0.15) is 45.4 Å². The Balaban J connectivity index is 1.52. The number of hydrogen-bond acceptors (Lipinski definition) is 3. The van der Waals surface area contributed by atoms with Crippen LogP contribution in [0.4, 0.5) is 9.80 Å². The van der Waals surface area contributed by atoms with Crippen molar-refractivity contribution < 1.29 is 9.59 Å². The Morgan fingerprint density at radius 2 is 2.04 bits per heavy atom. The Bertz CT molecular complexity index is 561. The zero-order chi connectivity index (χ0) is 16.9. The van der Waals surface area contributed by atoms with E-state index in [-0.39, 0.29) is 17.9 Å². The third kappa shape index (κ3) is 4.29. The van der Waals surface area contributed by atoms with Crippen molar-refractivity contribution in [3.8, 4) is 0 Å². The number of amides is 3. The first kappa shape index (κ1) is 17.3. The van der Waals surface area contributed by atoms with Crippen molar-refractivity contribution in [2.24, 2.45) is 11.8 Å². The molecule has 1 aromatic rings. The third-order valence-corrected chi connectivity index (χ3v) is 6.06. The SMILES string of the molecule is CC1CCCCC1NC(=O)C1CCCN(C(=O)Nc2cccs2)C1. The van der Waals surface area contributed by atoms with E-state index in [1.54, 1.807) is 4.90 Å². The highest BCUT2D eigenvalue weighted by Crippen LogP contribution is 2.25. The summed E-state index contributed by atoms with van der Waals surface area (Å²) in [6, 6.07) is 4.02. The van der Waals surface area contributed by atoms with Gasteiger partial charge in [0.25, 0.3) is 0 Å². The Kier molecular flexibility index (Phi) is 5.76. The van der Waals surface area contributed by atoms with E-state index in [0.717, 1.165) is 30.8 Å². The summed E-state index contributed by atoms with van der Waals surface area (Å²) in [5.41, 5.74) is 0. The first-order valence-electron chi connectivity index (χ1n) is 9.03. The second-order valence-electron chi connectivity index (χ2n) is 7.07. The van der Waals surface area contributed by atoms with Crippen LogP contribution in [-0.2, 0) is 4.79 Å². The lowest BCUT2D eigenvalue weighted by atomic mass is 9.85. The molecule has 24 heavy (non-hydrogen) atoms. The van der Waals surface area contributed by atoms with Gasteiger partial charge < -0.3 is 10.2 Å². The molecule has 132 valence electrons. The molecule has 0 radical (unpaired) electrons. The van der Waals surface area contributed by atoms with Gasteiger partial charge in [0.15, 0.2) is 0 Å². The fourth-order valence-electron chi connectivity index (χ4n) is 3.74. The first-order valence-corrected chi connectivity index (χ1v) is 9.91. The fourth-order valence-corrected chi connectivity index (χ4v) is 4.35. The molecule has 0 spiro atoms. The van der Waals surface area contributed by atoms with Crippen molar-refractivity contribution in [3.05, 3.63) is 17.5 Å².